The third-order valence-electron chi connectivity index (χ3n) is 4.81. The molecule has 2 aromatic rings. The second kappa shape index (κ2) is 8.77. The number of ether oxygens (including phenoxy) is 1. The maximum atomic E-state index is 12.5. The second-order valence-corrected chi connectivity index (χ2v) is 6.76. The normalized spacial score (nSPS) is 15.0. The number of nitrogens with one attached hydrogen (secondary N) is 2. The number of methoxy groups -OCH3 is 1. The number of carbonyl (C=O) groups excluding carboxylic acids is 2. The van der Waals surface area contributed by atoms with Crippen molar-refractivity contribution in [1.82, 2.24) is 20.1 Å². The summed E-state index contributed by atoms with van der Waals surface area (Å²) in [5.41, 5.74) is 1.22. The minimum absolute atomic E-state index is 0.0578. The molecule has 0 unspecified atom stereocenters. The van der Waals surface area contributed by atoms with Crippen molar-refractivity contribution in [2.24, 2.45) is 5.92 Å². The SMILES string of the molecule is COCCn1cnnc1[C@@H](C)NC(=O)c1ccc(NC(=O)C2CCC2)cc1. The molecular weight excluding hydrogens is 346 g/mol. The van der Waals surface area contributed by atoms with Gasteiger partial charge in [0.2, 0.25) is 5.91 Å². The number of hydrogen-bond donors (Lipinski definition) is 2. The van der Waals surface area contributed by atoms with E-state index in [2.05, 4.69) is 20.8 Å². The van der Waals surface area contributed by atoms with E-state index in [4.69, 9.17) is 4.74 Å². The van der Waals surface area contributed by atoms with Gasteiger partial charge in [-0.25, -0.2) is 0 Å². The molecule has 144 valence electrons. The Balaban J connectivity index is 1.57. The van der Waals surface area contributed by atoms with Gasteiger partial charge in [-0.2, -0.15) is 0 Å². The van der Waals surface area contributed by atoms with Crippen LogP contribution in [0.2, 0.25) is 0 Å². The van der Waals surface area contributed by atoms with Crippen LogP contribution in [0.15, 0.2) is 30.6 Å². The molecule has 8 heteroatoms. The van der Waals surface area contributed by atoms with Gasteiger partial charge in [0.05, 0.1) is 12.6 Å². The number of amides is 2. The lowest BCUT2D eigenvalue weighted by molar-refractivity contribution is -0.122. The van der Waals surface area contributed by atoms with Gasteiger partial charge in [0, 0.05) is 30.8 Å². The Morgan fingerprint density at radius 2 is 2.04 bits per heavy atom. The van der Waals surface area contributed by atoms with E-state index < -0.39 is 0 Å². The molecule has 2 amide bonds. The number of nitrogens with zero attached hydrogens (tertiary/aromatic N) is 3. The smallest absolute Gasteiger partial charge is 0.251 e. The third kappa shape index (κ3) is 4.71. The Bertz CT molecular complexity index is 783. The summed E-state index contributed by atoms with van der Waals surface area (Å²) < 4.78 is 6.93. The lowest BCUT2D eigenvalue weighted by Gasteiger charge is -2.24. The summed E-state index contributed by atoms with van der Waals surface area (Å²) in [7, 11) is 1.63. The molecule has 1 heterocycles. The first-order chi connectivity index (χ1) is 13.1. The summed E-state index contributed by atoms with van der Waals surface area (Å²) in [6.45, 7) is 3.02. The molecule has 1 aliphatic rings. The van der Waals surface area contributed by atoms with Crippen LogP contribution in [0.1, 0.15) is 48.4 Å². The van der Waals surface area contributed by atoms with Crippen LogP contribution >= 0.6 is 0 Å². The zero-order chi connectivity index (χ0) is 19.2. The molecule has 1 aliphatic carbocycles. The number of aromatic nitrogens is 3. The Hall–Kier alpha value is -2.74. The van der Waals surface area contributed by atoms with E-state index in [-0.39, 0.29) is 23.8 Å². The zero-order valence-electron chi connectivity index (χ0n) is 15.6. The standard InChI is InChI=1S/C19H25N5O3/c1-13(17-23-20-12-24(17)10-11-27-2)21-18(25)15-6-8-16(9-7-15)22-19(26)14-4-3-5-14/h6-9,12-14H,3-5,10-11H2,1-2H3,(H,21,25)(H,22,26)/t13-/m1/s1. The third-order valence-corrected chi connectivity index (χ3v) is 4.81. The molecule has 2 N–H and O–H groups in total. The van der Waals surface area contributed by atoms with Crippen molar-refractivity contribution >= 4 is 17.5 Å². The Morgan fingerprint density at radius 1 is 1.30 bits per heavy atom. The van der Waals surface area contributed by atoms with E-state index in [9.17, 15) is 9.59 Å². The summed E-state index contributed by atoms with van der Waals surface area (Å²) in [4.78, 5) is 24.5. The van der Waals surface area contributed by atoms with Crippen molar-refractivity contribution in [2.75, 3.05) is 19.0 Å². The molecule has 1 aromatic heterocycles. The molecular formula is C19H25N5O3. The summed E-state index contributed by atoms with van der Waals surface area (Å²) in [5, 5.41) is 13.8. The van der Waals surface area contributed by atoms with Crippen molar-refractivity contribution in [2.45, 2.75) is 38.8 Å². The summed E-state index contributed by atoms with van der Waals surface area (Å²) in [6, 6.07) is 6.60. The molecule has 27 heavy (non-hydrogen) atoms. The minimum atomic E-state index is -0.296. The number of rotatable bonds is 8. The van der Waals surface area contributed by atoms with Crippen LogP contribution in [0.25, 0.3) is 0 Å². The molecule has 1 atom stereocenters. The number of carbonyl (C=O) groups is 2. The molecule has 8 nitrogen and oxygen atoms in total. The van der Waals surface area contributed by atoms with E-state index in [1.165, 1.54) is 0 Å². The van der Waals surface area contributed by atoms with Crippen molar-refractivity contribution in [3.05, 3.63) is 42.0 Å². The number of hydrogen-bond acceptors (Lipinski definition) is 5. The molecule has 0 aliphatic heterocycles. The Labute approximate surface area is 158 Å². The highest BCUT2D eigenvalue weighted by Crippen LogP contribution is 2.27. The fourth-order valence-corrected chi connectivity index (χ4v) is 2.93. The van der Waals surface area contributed by atoms with Gasteiger partial charge in [-0.05, 0) is 44.0 Å². The monoisotopic (exact) mass is 371 g/mol. The van der Waals surface area contributed by atoms with Gasteiger partial charge >= 0.3 is 0 Å². The highest BCUT2D eigenvalue weighted by Gasteiger charge is 2.25. The molecule has 0 saturated heterocycles. The first-order valence-electron chi connectivity index (χ1n) is 9.17. The molecule has 3 rings (SSSR count). The Kier molecular flexibility index (Phi) is 6.18. The van der Waals surface area contributed by atoms with Gasteiger partial charge in [-0.3, -0.25) is 9.59 Å². The second-order valence-electron chi connectivity index (χ2n) is 6.76. The lowest BCUT2D eigenvalue weighted by atomic mass is 9.85. The van der Waals surface area contributed by atoms with Gasteiger partial charge in [-0.15, -0.1) is 10.2 Å². The van der Waals surface area contributed by atoms with Crippen molar-refractivity contribution in [1.29, 1.82) is 0 Å². The van der Waals surface area contributed by atoms with Gasteiger partial charge in [0.1, 0.15) is 6.33 Å². The van der Waals surface area contributed by atoms with Crippen LogP contribution in [0.4, 0.5) is 5.69 Å². The lowest BCUT2D eigenvalue weighted by Crippen LogP contribution is -2.29. The van der Waals surface area contributed by atoms with Crippen molar-refractivity contribution in [3.8, 4) is 0 Å². The molecule has 0 bridgehead atoms. The van der Waals surface area contributed by atoms with Gasteiger partial charge < -0.3 is 19.9 Å². The zero-order valence-corrected chi connectivity index (χ0v) is 15.6. The van der Waals surface area contributed by atoms with Crippen LogP contribution in [-0.4, -0.2) is 40.3 Å². The van der Waals surface area contributed by atoms with Crippen LogP contribution in [0.3, 0.4) is 0 Å². The quantitative estimate of drug-likeness (QED) is 0.741. The fraction of sp³-hybridized carbons (Fsp3) is 0.474. The van der Waals surface area contributed by atoms with Gasteiger partial charge in [0.25, 0.3) is 5.91 Å². The minimum Gasteiger partial charge on any atom is -0.383 e. The number of anilines is 1. The summed E-state index contributed by atoms with van der Waals surface area (Å²) in [6.07, 6.45) is 4.66. The van der Waals surface area contributed by atoms with Crippen molar-refractivity contribution in [3.63, 3.8) is 0 Å². The molecule has 1 aromatic carbocycles. The van der Waals surface area contributed by atoms with E-state index in [0.29, 0.717) is 30.2 Å². The fourth-order valence-electron chi connectivity index (χ4n) is 2.93. The van der Waals surface area contributed by atoms with Crippen LogP contribution in [0, 0.1) is 5.92 Å². The molecule has 1 fully saturated rings. The highest BCUT2D eigenvalue weighted by molar-refractivity contribution is 5.96. The first-order valence-corrected chi connectivity index (χ1v) is 9.17. The topological polar surface area (TPSA) is 98.1 Å². The Morgan fingerprint density at radius 3 is 2.67 bits per heavy atom. The van der Waals surface area contributed by atoms with Crippen LogP contribution < -0.4 is 10.6 Å². The molecule has 0 spiro atoms. The predicted octanol–water partition coefficient (Wildman–Crippen LogP) is 2.15. The highest BCUT2D eigenvalue weighted by atomic mass is 16.5. The first kappa shape index (κ1) is 19.0. The van der Waals surface area contributed by atoms with Crippen LogP contribution in [0.5, 0.6) is 0 Å². The maximum Gasteiger partial charge on any atom is 0.251 e. The van der Waals surface area contributed by atoms with E-state index in [0.717, 1.165) is 19.3 Å². The van der Waals surface area contributed by atoms with Gasteiger partial charge in [0.15, 0.2) is 5.82 Å². The average molecular weight is 371 g/mol. The molecule has 0 radical (unpaired) electrons. The van der Waals surface area contributed by atoms with E-state index in [1.807, 2.05) is 11.5 Å². The van der Waals surface area contributed by atoms with Crippen molar-refractivity contribution < 1.29 is 14.3 Å². The number of benzene rings is 1. The van der Waals surface area contributed by atoms with E-state index in [1.54, 1.807) is 37.7 Å². The summed E-state index contributed by atoms with van der Waals surface area (Å²) in [5.74, 6) is 0.650. The average Bonchev–Trinajstić information content (AvgIpc) is 3.07. The molecule has 1 saturated carbocycles. The maximum absolute atomic E-state index is 12.5. The summed E-state index contributed by atoms with van der Waals surface area (Å²) >= 11 is 0. The largest absolute Gasteiger partial charge is 0.383 e. The van der Waals surface area contributed by atoms with Gasteiger partial charge in [-0.1, -0.05) is 6.42 Å². The predicted molar refractivity (Wildman–Crippen MR) is 100 cm³/mol. The van der Waals surface area contributed by atoms with E-state index >= 15 is 0 Å². The van der Waals surface area contributed by atoms with Crippen LogP contribution in [-0.2, 0) is 16.1 Å².